The summed E-state index contributed by atoms with van der Waals surface area (Å²) in [5, 5.41) is 0. The summed E-state index contributed by atoms with van der Waals surface area (Å²) in [7, 11) is 0. The molecular formula is C11H21Cl3N2O. The fourth-order valence-electron chi connectivity index (χ4n) is 1.94. The molecule has 6 heteroatoms. The van der Waals surface area contributed by atoms with E-state index in [9.17, 15) is 4.79 Å². The van der Waals surface area contributed by atoms with Gasteiger partial charge in [0.1, 0.15) is 0 Å². The summed E-state index contributed by atoms with van der Waals surface area (Å²) in [6, 6.07) is 0. The summed E-state index contributed by atoms with van der Waals surface area (Å²) < 4.78 is 0. The van der Waals surface area contributed by atoms with Crippen molar-refractivity contribution in [3.63, 3.8) is 0 Å². The SMILES string of the molecule is Cl.O=C(CN(CCCl)CCCl)N1CCCCC1. The number of amides is 1. The van der Waals surface area contributed by atoms with E-state index in [1.165, 1.54) is 6.42 Å². The molecule has 1 rings (SSSR count). The van der Waals surface area contributed by atoms with E-state index < -0.39 is 0 Å². The molecule has 1 saturated heterocycles. The Labute approximate surface area is 120 Å². The number of rotatable bonds is 6. The molecule has 1 amide bonds. The number of carbonyl (C=O) groups is 1. The molecule has 0 N–H and O–H groups in total. The minimum atomic E-state index is 0. The maximum atomic E-state index is 12.0. The van der Waals surface area contributed by atoms with Gasteiger partial charge in [-0.1, -0.05) is 0 Å². The fraction of sp³-hybridized carbons (Fsp3) is 0.909. The first-order chi connectivity index (χ1) is 7.77. The lowest BCUT2D eigenvalue weighted by Gasteiger charge is -2.29. The van der Waals surface area contributed by atoms with Crippen LogP contribution >= 0.6 is 35.6 Å². The number of nitrogens with zero attached hydrogens (tertiary/aromatic N) is 2. The zero-order valence-corrected chi connectivity index (χ0v) is 12.4. The number of hydrogen-bond donors (Lipinski definition) is 0. The van der Waals surface area contributed by atoms with Crippen LogP contribution in [0.3, 0.4) is 0 Å². The Bertz CT molecular complexity index is 205. The molecule has 0 aromatic heterocycles. The van der Waals surface area contributed by atoms with E-state index in [1.54, 1.807) is 0 Å². The number of likely N-dealkylation sites (tertiary alicyclic amines) is 1. The van der Waals surface area contributed by atoms with Crippen LogP contribution < -0.4 is 0 Å². The molecule has 1 aliphatic heterocycles. The summed E-state index contributed by atoms with van der Waals surface area (Å²) >= 11 is 11.4. The lowest BCUT2D eigenvalue weighted by Crippen LogP contribution is -2.43. The maximum absolute atomic E-state index is 12.0. The third-order valence-corrected chi connectivity index (χ3v) is 3.21. The molecule has 0 radical (unpaired) electrons. The van der Waals surface area contributed by atoms with E-state index in [-0.39, 0.29) is 18.3 Å². The van der Waals surface area contributed by atoms with Gasteiger partial charge in [-0.05, 0) is 19.3 Å². The van der Waals surface area contributed by atoms with Crippen molar-refractivity contribution in [1.29, 1.82) is 0 Å². The maximum Gasteiger partial charge on any atom is 0.236 e. The Balaban J connectivity index is 0.00000256. The molecule has 1 fully saturated rings. The smallest absolute Gasteiger partial charge is 0.236 e. The number of carbonyl (C=O) groups excluding carboxylic acids is 1. The first-order valence-electron chi connectivity index (χ1n) is 5.90. The van der Waals surface area contributed by atoms with Crippen molar-refractivity contribution in [3.05, 3.63) is 0 Å². The Morgan fingerprint density at radius 2 is 1.59 bits per heavy atom. The summed E-state index contributed by atoms with van der Waals surface area (Å²) in [6.45, 7) is 3.74. The van der Waals surface area contributed by atoms with Gasteiger partial charge in [0.25, 0.3) is 0 Å². The second kappa shape index (κ2) is 10.2. The Hall–Kier alpha value is 0.300. The van der Waals surface area contributed by atoms with Crippen LogP contribution in [0.5, 0.6) is 0 Å². The van der Waals surface area contributed by atoms with Gasteiger partial charge >= 0.3 is 0 Å². The molecule has 1 heterocycles. The van der Waals surface area contributed by atoms with Gasteiger partial charge in [-0.2, -0.15) is 0 Å². The Kier molecular flexibility index (Phi) is 10.4. The third kappa shape index (κ3) is 6.70. The van der Waals surface area contributed by atoms with Crippen LogP contribution in [0.4, 0.5) is 0 Å². The van der Waals surface area contributed by atoms with Crippen molar-refractivity contribution in [2.24, 2.45) is 0 Å². The van der Waals surface area contributed by atoms with Crippen molar-refractivity contribution >= 4 is 41.5 Å². The highest BCUT2D eigenvalue weighted by Crippen LogP contribution is 2.09. The summed E-state index contributed by atoms with van der Waals surface area (Å²) in [5.74, 6) is 1.31. The van der Waals surface area contributed by atoms with Gasteiger partial charge in [-0.15, -0.1) is 35.6 Å². The molecule has 1 aliphatic rings. The lowest BCUT2D eigenvalue weighted by molar-refractivity contribution is -0.133. The molecule has 102 valence electrons. The third-order valence-electron chi connectivity index (χ3n) is 2.87. The van der Waals surface area contributed by atoms with E-state index in [0.29, 0.717) is 18.3 Å². The first-order valence-corrected chi connectivity index (χ1v) is 6.97. The van der Waals surface area contributed by atoms with Gasteiger partial charge in [0.2, 0.25) is 5.91 Å². The van der Waals surface area contributed by atoms with E-state index in [4.69, 9.17) is 23.2 Å². The number of piperidine rings is 1. The molecule has 0 aliphatic carbocycles. The second-order valence-electron chi connectivity index (χ2n) is 4.10. The Morgan fingerprint density at radius 3 is 2.06 bits per heavy atom. The van der Waals surface area contributed by atoms with E-state index >= 15 is 0 Å². The highest BCUT2D eigenvalue weighted by molar-refractivity contribution is 6.18. The zero-order valence-electron chi connectivity index (χ0n) is 10.0. The monoisotopic (exact) mass is 302 g/mol. The average molecular weight is 304 g/mol. The topological polar surface area (TPSA) is 23.6 Å². The molecule has 0 bridgehead atoms. The van der Waals surface area contributed by atoms with Crippen LogP contribution in [0.2, 0.25) is 0 Å². The average Bonchev–Trinajstić information content (AvgIpc) is 2.31. The normalized spacial score (nSPS) is 15.8. The van der Waals surface area contributed by atoms with Crippen molar-refractivity contribution in [3.8, 4) is 0 Å². The van der Waals surface area contributed by atoms with Gasteiger partial charge in [0.15, 0.2) is 0 Å². The van der Waals surface area contributed by atoms with Gasteiger partial charge in [0, 0.05) is 37.9 Å². The van der Waals surface area contributed by atoms with Crippen molar-refractivity contribution in [2.45, 2.75) is 19.3 Å². The van der Waals surface area contributed by atoms with Gasteiger partial charge in [-0.3, -0.25) is 9.69 Å². The number of alkyl halides is 2. The molecule has 0 aromatic carbocycles. The van der Waals surface area contributed by atoms with Crippen LogP contribution in [-0.2, 0) is 4.79 Å². The Morgan fingerprint density at radius 1 is 1.06 bits per heavy atom. The van der Waals surface area contributed by atoms with Crippen LogP contribution in [0.25, 0.3) is 0 Å². The van der Waals surface area contributed by atoms with Crippen LogP contribution in [0, 0.1) is 0 Å². The quantitative estimate of drug-likeness (QED) is 0.702. The predicted molar refractivity (Wildman–Crippen MR) is 75.6 cm³/mol. The molecule has 0 unspecified atom stereocenters. The highest BCUT2D eigenvalue weighted by atomic mass is 35.5. The summed E-state index contributed by atoms with van der Waals surface area (Å²) in [4.78, 5) is 15.9. The van der Waals surface area contributed by atoms with Crippen molar-refractivity contribution in [1.82, 2.24) is 9.80 Å². The van der Waals surface area contributed by atoms with Gasteiger partial charge in [0.05, 0.1) is 6.54 Å². The minimum absolute atomic E-state index is 0. The molecule has 0 spiro atoms. The van der Waals surface area contributed by atoms with Crippen LogP contribution in [0.1, 0.15) is 19.3 Å². The summed E-state index contributed by atoms with van der Waals surface area (Å²) in [6.07, 6.45) is 3.52. The zero-order chi connectivity index (χ0) is 11.8. The molecule has 3 nitrogen and oxygen atoms in total. The molecule has 17 heavy (non-hydrogen) atoms. The van der Waals surface area contributed by atoms with Crippen molar-refractivity contribution in [2.75, 3.05) is 44.5 Å². The minimum Gasteiger partial charge on any atom is -0.342 e. The van der Waals surface area contributed by atoms with Crippen LogP contribution in [0.15, 0.2) is 0 Å². The number of halogens is 3. The van der Waals surface area contributed by atoms with E-state index in [0.717, 1.165) is 39.0 Å². The van der Waals surface area contributed by atoms with Gasteiger partial charge in [-0.25, -0.2) is 0 Å². The molecule has 0 saturated carbocycles. The first kappa shape index (κ1) is 17.3. The van der Waals surface area contributed by atoms with E-state index in [2.05, 4.69) is 0 Å². The second-order valence-corrected chi connectivity index (χ2v) is 4.85. The molecule has 0 atom stereocenters. The molecular weight excluding hydrogens is 282 g/mol. The van der Waals surface area contributed by atoms with Crippen molar-refractivity contribution < 1.29 is 4.79 Å². The fourth-order valence-corrected chi connectivity index (χ4v) is 2.42. The van der Waals surface area contributed by atoms with Crippen LogP contribution in [-0.4, -0.2) is 60.2 Å². The predicted octanol–water partition coefficient (Wildman–Crippen LogP) is 2.20. The summed E-state index contributed by atoms with van der Waals surface area (Å²) in [5.41, 5.74) is 0. The molecule has 0 aromatic rings. The largest absolute Gasteiger partial charge is 0.342 e. The van der Waals surface area contributed by atoms with Gasteiger partial charge < -0.3 is 4.90 Å². The lowest BCUT2D eigenvalue weighted by atomic mass is 10.1. The van der Waals surface area contributed by atoms with E-state index in [1.807, 2.05) is 9.80 Å². The number of hydrogen-bond acceptors (Lipinski definition) is 2. The standard InChI is InChI=1S/C11H20Cl2N2O.ClH/c12-4-8-14(9-5-13)10-11(16)15-6-2-1-3-7-15;/h1-10H2;1H. The highest BCUT2D eigenvalue weighted by Gasteiger charge is 2.18.